The number of nitrogens with two attached hydrogens (primary N) is 1. The van der Waals surface area contributed by atoms with Crippen molar-refractivity contribution in [2.75, 3.05) is 5.75 Å². The molecule has 132 valence electrons. The van der Waals surface area contributed by atoms with Crippen molar-refractivity contribution in [3.63, 3.8) is 0 Å². The maximum absolute atomic E-state index is 13.1. The average molecular weight is 362 g/mol. The Labute approximate surface area is 147 Å². The molecule has 0 radical (unpaired) electrons. The third kappa shape index (κ3) is 6.11. The molecule has 25 heavy (non-hydrogen) atoms. The first-order chi connectivity index (χ1) is 12.0. The molecule has 2 atom stereocenters. The maximum Gasteiger partial charge on any atom is 0.240 e. The first-order valence-electron chi connectivity index (χ1n) is 7.72. The summed E-state index contributed by atoms with van der Waals surface area (Å²) >= 11 is 0. The first kappa shape index (κ1) is 18.8. The Bertz CT molecular complexity index is 768. The molecule has 0 unspecified atom stereocenters. The predicted octanol–water partition coefficient (Wildman–Crippen LogP) is 1.54. The highest BCUT2D eigenvalue weighted by Crippen LogP contribution is 2.08. The normalized spacial score (nSPS) is 13.0. The van der Waals surface area contributed by atoms with Crippen LogP contribution in [-0.2, 0) is 26.8 Å². The molecule has 0 aliphatic carbocycles. The van der Waals surface area contributed by atoms with E-state index in [9.17, 15) is 18.2 Å². The van der Waals surface area contributed by atoms with Gasteiger partial charge in [-0.05, 0) is 36.2 Å². The molecule has 2 amide bonds. The summed E-state index contributed by atoms with van der Waals surface area (Å²) in [5.74, 6) is -1.38. The Morgan fingerprint density at radius 1 is 1.12 bits per heavy atom. The van der Waals surface area contributed by atoms with Crippen molar-refractivity contribution in [1.82, 2.24) is 5.32 Å². The second-order valence-corrected chi connectivity index (χ2v) is 7.05. The van der Waals surface area contributed by atoms with Crippen LogP contribution in [0.3, 0.4) is 0 Å². The van der Waals surface area contributed by atoms with Crippen LogP contribution in [0.25, 0.3) is 0 Å². The number of rotatable bonds is 8. The number of halogens is 1. The van der Waals surface area contributed by atoms with Crippen molar-refractivity contribution < 1.29 is 18.2 Å². The van der Waals surface area contributed by atoms with Gasteiger partial charge in [0.1, 0.15) is 11.9 Å². The van der Waals surface area contributed by atoms with Crippen molar-refractivity contribution >= 4 is 22.6 Å². The van der Waals surface area contributed by atoms with Gasteiger partial charge in [0.15, 0.2) is 0 Å². The van der Waals surface area contributed by atoms with E-state index >= 15 is 0 Å². The van der Waals surface area contributed by atoms with E-state index in [1.807, 2.05) is 6.07 Å². The molecule has 7 heteroatoms. The van der Waals surface area contributed by atoms with Gasteiger partial charge in [-0.25, -0.2) is 4.39 Å². The van der Waals surface area contributed by atoms with Crippen molar-refractivity contribution in [2.24, 2.45) is 5.73 Å². The van der Waals surface area contributed by atoms with Crippen LogP contribution in [0.1, 0.15) is 12.0 Å². The van der Waals surface area contributed by atoms with Crippen LogP contribution in [0.2, 0.25) is 0 Å². The van der Waals surface area contributed by atoms with Crippen LogP contribution in [0, 0.1) is 5.82 Å². The first-order valence-corrected chi connectivity index (χ1v) is 9.04. The molecule has 2 aromatic carbocycles. The number of carbonyl (C=O) groups excluding carboxylic acids is 2. The van der Waals surface area contributed by atoms with Crippen molar-refractivity contribution in [1.29, 1.82) is 0 Å². The summed E-state index contributed by atoms with van der Waals surface area (Å²) in [5, 5.41) is 2.52. The standard InChI is InChI=1S/C18H19FN2O3S/c19-14-6-4-5-13(11-14)12-17(22)21-16(18(20)23)9-10-25(24)15-7-2-1-3-8-15/h1-8,11,16H,9-10,12H2,(H2,20,23)(H,21,22)/t16-,25+/m0/s1. The van der Waals surface area contributed by atoms with Crippen LogP contribution < -0.4 is 11.1 Å². The number of benzene rings is 2. The van der Waals surface area contributed by atoms with E-state index in [0.29, 0.717) is 10.5 Å². The Morgan fingerprint density at radius 3 is 2.48 bits per heavy atom. The van der Waals surface area contributed by atoms with E-state index in [4.69, 9.17) is 5.73 Å². The van der Waals surface area contributed by atoms with Crippen molar-refractivity contribution in [2.45, 2.75) is 23.8 Å². The average Bonchev–Trinajstić information content (AvgIpc) is 2.58. The summed E-state index contributed by atoms with van der Waals surface area (Å²) in [6, 6.07) is 13.6. The SMILES string of the molecule is NC(=O)[C@H](CC[S@@](=O)c1ccccc1)NC(=O)Cc1cccc(F)c1. The zero-order valence-corrected chi connectivity index (χ0v) is 14.3. The maximum atomic E-state index is 13.1. The highest BCUT2D eigenvalue weighted by atomic mass is 32.2. The number of amides is 2. The van der Waals surface area contributed by atoms with E-state index in [1.54, 1.807) is 30.3 Å². The van der Waals surface area contributed by atoms with Crippen LogP contribution >= 0.6 is 0 Å². The minimum absolute atomic E-state index is 0.0662. The fourth-order valence-corrected chi connectivity index (χ4v) is 3.42. The van der Waals surface area contributed by atoms with Crippen molar-refractivity contribution in [3.8, 4) is 0 Å². The largest absolute Gasteiger partial charge is 0.368 e. The van der Waals surface area contributed by atoms with Gasteiger partial charge in [0.05, 0.1) is 17.2 Å². The van der Waals surface area contributed by atoms with Gasteiger partial charge >= 0.3 is 0 Å². The van der Waals surface area contributed by atoms with E-state index in [1.165, 1.54) is 18.2 Å². The van der Waals surface area contributed by atoms with Gasteiger partial charge in [-0.2, -0.15) is 0 Å². The number of carbonyl (C=O) groups is 2. The third-order valence-electron chi connectivity index (χ3n) is 3.53. The molecule has 0 aliphatic rings. The second kappa shape index (κ2) is 9.08. The topological polar surface area (TPSA) is 89.3 Å². The summed E-state index contributed by atoms with van der Waals surface area (Å²) in [4.78, 5) is 24.2. The van der Waals surface area contributed by atoms with E-state index in [0.717, 1.165) is 0 Å². The Kier molecular flexibility index (Phi) is 6.82. The lowest BCUT2D eigenvalue weighted by molar-refractivity contribution is -0.127. The van der Waals surface area contributed by atoms with Gasteiger partial charge in [0.2, 0.25) is 11.8 Å². The van der Waals surface area contributed by atoms with Crippen LogP contribution in [0.5, 0.6) is 0 Å². The molecule has 2 rings (SSSR count). The molecule has 0 fully saturated rings. The summed E-state index contributed by atoms with van der Waals surface area (Å²) in [6.07, 6.45) is 0.0923. The highest BCUT2D eigenvalue weighted by molar-refractivity contribution is 7.85. The minimum atomic E-state index is -1.29. The summed E-state index contributed by atoms with van der Waals surface area (Å²) < 4.78 is 25.3. The zero-order chi connectivity index (χ0) is 18.2. The quantitative estimate of drug-likeness (QED) is 0.746. The monoisotopic (exact) mass is 362 g/mol. The Balaban J connectivity index is 1.91. The van der Waals surface area contributed by atoms with Gasteiger partial charge in [-0.15, -0.1) is 0 Å². The molecular weight excluding hydrogens is 343 g/mol. The van der Waals surface area contributed by atoms with E-state index in [2.05, 4.69) is 5.32 Å². The number of hydrogen-bond donors (Lipinski definition) is 2. The fraction of sp³-hybridized carbons (Fsp3) is 0.222. The highest BCUT2D eigenvalue weighted by Gasteiger charge is 2.19. The molecule has 5 nitrogen and oxygen atoms in total. The predicted molar refractivity (Wildman–Crippen MR) is 93.6 cm³/mol. The number of nitrogens with one attached hydrogen (secondary N) is 1. The van der Waals surface area contributed by atoms with Crippen LogP contribution in [-0.4, -0.2) is 27.8 Å². The van der Waals surface area contributed by atoms with E-state index < -0.39 is 34.5 Å². The van der Waals surface area contributed by atoms with Gasteiger partial charge in [-0.1, -0.05) is 30.3 Å². The van der Waals surface area contributed by atoms with Crippen molar-refractivity contribution in [3.05, 3.63) is 66.0 Å². The molecule has 2 aromatic rings. The van der Waals surface area contributed by atoms with Gasteiger partial charge < -0.3 is 11.1 Å². The second-order valence-electron chi connectivity index (χ2n) is 5.48. The molecule has 0 bridgehead atoms. The van der Waals surface area contributed by atoms with Gasteiger partial charge in [0.25, 0.3) is 0 Å². The minimum Gasteiger partial charge on any atom is -0.368 e. The zero-order valence-electron chi connectivity index (χ0n) is 13.5. The molecule has 0 saturated heterocycles. The van der Waals surface area contributed by atoms with Crippen LogP contribution in [0.4, 0.5) is 4.39 Å². The number of primary amides is 1. The molecular formula is C18H19FN2O3S. The fourth-order valence-electron chi connectivity index (χ4n) is 2.28. The lowest BCUT2D eigenvalue weighted by Gasteiger charge is -2.15. The number of hydrogen-bond acceptors (Lipinski definition) is 3. The molecule has 0 aliphatic heterocycles. The van der Waals surface area contributed by atoms with Gasteiger partial charge in [0, 0.05) is 10.6 Å². The molecule has 0 aromatic heterocycles. The molecule has 0 heterocycles. The van der Waals surface area contributed by atoms with Gasteiger partial charge in [-0.3, -0.25) is 13.8 Å². The lowest BCUT2D eigenvalue weighted by Crippen LogP contribution is -2.45. The Hall–Kier alpha value is -2.54. The molecule has 3 N–H and O–H groups in total. The molecule has 0 saturated carbocycles. The van der Waals surface area contributed by atoms with Crippen LogP contribution in [0.15, 0.2) is 59.5 Å². The lowest BCUT2D eigenvalue weighted by atomic mass is 10.1. The third-order valence-corrected chi connectivity index (χ3v) is 4.93. The van der Waals surface area contributed by atoms with E-state index in [-0.39, 0.29) is 18.6 Å². The summed E-state index contributed by atoms with van der Waals surface area (Å²) in [6.45, 7) is 0. The molecule has 0 spiro atoms. The summed E-state index contributed by atoms with van der Waals surface area (Å²) in [5.41, 5.74) is 5.81. The Morgan fingerprint density at radius 2 is 1.84 bits per heavy atom. The summed E-state index contributed by atoms with van der Waals surface area (Å²) in [7, 11) is -1.29. The smallest absolute Gasteiger partial charge is 0.240 e.